The monoisotopic (exact) mass is 285 g/mol. The highest BCUT2D eigenvalue weighted by Gasteiger charge is 2.15. The normalized spacial score (nSPS) is 13.7. The van der Waals surface area contributed by atoms with E-state index in [0.29, 0.717) is 13.1 Å². The van der Waals surface area contributed by atoms with Gasteiger partial charge in [-0.15, -0.1) is 0 Å². The van der Waals surface area contributed by atoms with Gasteiger partial charge in [-0.25, -0.2) is 13.1 Å². The van der Waals surface area contributed by atoms with Gasteiger partial charge >= 0.3 is 0 Å². The number of benzene rings is 1. The van der Waals surface area contributed by atoms with E-state index >= 15 is 0 Å². The van der Waals surface area contributed by atoms with Crippen LogP contribution in [-0.2, 0) is 22.3 Å². The SMILES string of the molecule is CC(CN(C)C)NS(=O)(=O)Cc1ccc(CN)cc1. The second-order valence-electron chi connectivity index (χ2n) is 5.06. The number of likely N-dealkylation sites (N-methyl/N-ethyl adjacent to an activating group) is 1. The zero-order valence-corrected chi connectivity index (χ0v) is 12.6. The lowest BCUT2D eigenvalue weighted by atomic mass is 10.1. The summed E-state index contributed by atoms with van der Waals surface area (Å²) in [5.74, 6) is -0.00435. The molecule has 108 valence electrons. The van der Waals surface area contributed by atoms with E-state index in [1.54, 1.807) is 12.1 Å². The first-order valence-electron chi connectivity index (χ1n) is 6.25. The molecule has 5 nitrogen and oxygen atoms in total. The number of nitrogens with one attached hydrogen (secondary N) is 1. The molecule has 0 aliphatic rings. The van der Waals surface area contributed by atoms with Crippen LogP contribution in [0.25, 0.3) is 0 Å². The molecule has 0 saturated heterocycles. The molecule has 0 aliphatic heterocycles. The van der Waals surface area contributed by atoms with Gasteiger partial charge in [-0.3, -0.25) is 0 Å². The third-order valence-electron chi connectivity index (χ3n) is 2.64. The molecule has 0 bridgehead atoms. The lowest BCUT2D eigenvalue weighted by molar-refractivity contribution is 0.370. The smallest absolute Gasteiger partial charge is 0.216 e. The maximum Gasteiger partial charge on any atom is 0.216 e. The molecule has 0 spiro atoms. The summed E-state index contributed by atoms with van der Waals surface area (Å²) in [6.45, 7) is 2.99. The van der Waals surface area contributed by atoms with E-state index in [2.05, 4.69) is 4.72 Å². The summed E-state index contributed by atoms with van der Waals surface area (Å²) in [5.41, 5.74) is 7.27. The zero-order valence-electron chi connectivity index (χ0n) is 11.8. The summed E-state index contributed by atoms with van der Waals surface area (Å²) in [5, 5.41) is 0. The summed E-state index contributed by atoms with van der Waals surface area (Å²) in [6.07, 6.45) is 0. The van der Waals surface area contributed by atoms with E-state index in [9.17, 15) is 8.42 Å². The molecule has 0 radical (unpaired) electrons. The molecular weight excluding hydrogens is 262 g/mol. The van der Waals surface area contributed by atoms with Crippen molar-refractivity contribution in [1.29, 1.82) is 0 Å². The van der Waals surface area contributed by atoms with E-state index in [-0.39, 0.29) is 11.8 Å². The topological polar surface area (TPSA) is 75.4 Å². The van der Waals surface area contributed by atoms with Crippen LogP contribution in [-0.4, -0.2) is 40.0 Å². The van der Waals surface area contributed by atoms with Gasteiger partial charge in [0.05, 0.1) is 5.75 Å². The van der Waals surface area contributed by atoms with E-state index in [0.717, 1.165) is 11.1 Å². The third kappa shape index (κ3) is 6.15. The van der Waals surface area contributed by atoms with Crippen molar-refractivity contribution in [2.45, 2.75) is 25.3 Å². The molecule has 0 amide bonds. The Labute approximate surface area is 115 Å². The van der Waals surface area contributed by atoms with Crippen LogP contribution in [0.5, 0.6) is 0 Å². The molecule has 1 unspecified atom stereocenters. The Hall–Kier alpha value is -0.950. The van der Waals surface area contributed by atoms with Crippen molar-refractivity contribution in [1.82, 2.24) is 9.62 Å². The second-order valence-corrected chi connectivity index (χ2v) is 6.81. The fourth-order valence-electron chi connectivity index (χ4n) is 1.92. The standard InChI is InChI=1S/C13H23N3O2S/c1-11(9-16(2)3)15-19(17,18)10-13-6-4-12(8-14)5-7-13/h4-7,11,15H,8-10,14H2,1-3H3. The van der Waals surface area contributed by atoms with Crippen molar-refractivity contribution < 1.29 is 8.42 Å². The summed E-state index contributed by atoms with van der Waals surface area (Å²) >= 11 is 0. The Morgan fingerprint density at radius 1 is 1.21 bits per heavy atom. The van der Waals surface area contributed by atoms with E-state index < -0.39 is 10.0 Å². The summed E-state index contributed by atoms with van der Waals surface area (Å²) in [7, 11) is 0.519. The molecule has 1 atom stereocenters. The highest BCUT2D eigenvalue weighted by Crippen LogP contribution is 2.08. The fraction of sp³-hybridized carbons (Fsp3) is 0.538. The van der Waals surface area contributed by atoms with Crippen molar-refractivity contribution in [3.05, 3.63) is 35.4 Å². The van der Waals surface area contributed by atoms with Crippen LogP contribution in [0.3, 0.4) is 0 Å². The first-order chi connectivity index (χ1) is 8.82. The van der Waals surface area contributed by atoms with Gasteiger partial charge in [-0.1, -0.05) is 24.3 Å². The molecule has 0 aromatic heterocycles. The molecule has 1 aromatic rings. The Kier molecular flexibility index (Phi) is 5.93. The van der Waals surface area contributed by atoms with Crippen LogP contribution < -0.4 is 10.5 Å². The minimum atomic E-state index is -3.31. The average Bonchev–Trinajstić information content (AvgIpc) is 2.27. The van der Waals surface area contributed by atoms with Gasteiger partial charge in [-0.2, -0.15) is 0 Å². The summed E-state index contributed by atoms with van der Waals surface area (Å²) in [6, 6.07) is 7.21. The summed E-state index contributed by atoms with van der Waals surface area (Å²) in [4.78, 5) is 1.95. The third-order valence-corrected chi connectivity index (χ3v) is 4.11. The number of nitrogens with zero attached hydrogens (tertiary/aromatic N) is 1. The van der Waals surface area contributed by atoms with Gasteiger partial charge in [0.15, 0.2) is 0 Å². The Balaban J connectivity index is 2.63. The van der Waals surface area contributed by atoms with Crippen molar-refractivity contribution in [3.8, 4) is 0 Å². The van der Waals surface area contributed by atoms with Crippen molar-refractivity contribution in [2.75, 3.05) is 20.6 Å². The quantitative estimate of drug-likeness (QED) is 0.765. The van der Waals surface area contributed by atoms with Crippen LogP contribution >= 0.6 is 0 Å². The highest BCUT2D eigenvalue weighted by atomic mass is 32.2. The molecule has 0 saturated carbocycles. The van der Waals surface area contributed by atoms with Crippen LogP contribution in [0.2, 0.25) is 0 Å². The summed E-state index contributed by atoms with van der Waals surface area (Å²) < 4.78 is 26.7. The predicted molar refractivity (Wildman–Crippen MR) is 78.1 cm³/mol. The molecular formula is C13H23N3O2S. The zero-order chi connectivity index (χ0) is 14.5. The van der Waals surface area contributed by atoms with Gasteiger partial charge in [0.25, 0.3) is 0 Å². The number of nitrogens with two attached hydrogens (primary N) is 1. The number of hydrogen-bond donors (Lipinski definition) is 2. The average molecular weight is 285 g/mol. The largest absolute Gasteiger partial charge is 0.326 e. The van der Waals surface area contributed by atoms with E-state index in [1.165, 1.54) is 0 Å². The lowest BCUT2D eigenvalue weighted by Gasteiger charge is -2.18. The highest BCUT2D eigenvalue weighted by molar-refractivity contribution is 7.88. The van der Waals surface area contributed by atoms with E-state index in [1.807, 2.05) is 38.1 Å². The molecule has 0 fully saturated rings. The second kappa shape index (κ2) is 7.00. The molecule has 3 N–H and O–H groups in total. The lowest BCUT2D eigenvalue weighted by Crippen LogP contribution is -2.40. The molecule has 0 heterocycles. The van der Waals surface area contributed by atoms with Crippen LogP contribution in [0.1, 0.15) is 18.1 Å². The van der Waals surface area contributed by atoms with E-state index in [4.69, 9.17) is 5.73 Å². The molecule has 1 aromatic carbocycles. The molecule has 19 heavy (non-hydrogen) atoms. The molecule has 6 heteroatoms. The number of sulfonamides is 1. The fourth-order valence-corrected chi connectivity index (χ4v) is 3.33. The number of hydrogen-bond acceptors (Lipinski definition) is 4. The Bertz CT molecular complexity index is 483. The van der Waals surface area contributed by atoms with Gasteiger partial charge < -0.3 is 10.6 Å². The Morgan fingerprint density at radius 3 is 2.21 bits per heavy atom. The first kappa shape index (κ1) is 16.1. The maximum atomic E-state index is 12.0. The van der Waals surface area contributed by atoms with Crippen LogP contribution in [0, 0.1) is 0 Å². The van der Waals surface area contributed by atoms with Crippen LogP contribution in [0.4, 0.5) is 0 Å². The Morgan fingerprint density at radius 2 is 1.74 bits per heavy atom. The van der Waals surface area contributed by atoms with Gasteiger partial charge in [-0.05, 0) is 32.1 Å². The molecule has 1 rings (SSSR count). The predicted octanol–water partition coefficient (Wildman–Crippen LogP) is 0.515. The van der Waals surface area contributed by atoms with Gasteiger partial charge in [0.2, 0.25) is 10.0 Å². The maximum absolute atomic E-state index is 12.0. The number of rotatable bonds is 7. The van der Waals surface area contributed by atoms with Gasteiger partial charge in [0, 0.05) is 19.1 Å². The minimum absolute atomic E-state index is 0.00435. The first-order valence-corrected chi connectivity index (χ1v) is 7.90. The van der Waals surface area contributed by atoms with Gasteiger partial charge in [0.1, 0.15) is 0 Å². The van der Waals surface area contributed by atoms with Crippen molar-refractivity contribution in [2.24, 2.45) is 5.73 Å². The molecule has 0 aliphatic carbocycles. The minimum Gasteiger partial charge on any atom is -0.326 e. The van der Waals surface area contributed by atoms with Crippen molar-refractivity contribution in [3.63, 3.8) is 0 Å². The van der Waals surface area contributed by atoms with Crippen molar-refractivity contribution >= 4 is 10.0 Å². The van der Waals surface area contributed by atoms with Crippen LogP contribution in [0.15, 0.2) is 24.3 Å².